The summed E-state index contributed by atoms with van der Waals surface area (Å²) in [6.07, 6.45) is 2.89. The number of benzene rings is 2. The van der Waals surface area contributed by atoms with Crippen LogP contribution in [-0.2, 0) is 4.74 Å². The summed E-state index contributed by atoms with van der Waals surface area (Å²) in [4.78, 5) is 32.4. The van der Waals surface area contributed by atoms with Gasteiger partial charge in [-0.05, 0) is 68.3 Å². The molecule has 3 aromatic rings. The highest BCUT2D eigenvalue weighted by Crippen LogP contribution is 2.17. The number of rotatable bonds is 6. The molecule has 0 spiro atoms. The molecule has 3 rings (SSSR count). The van der Waals surface area contributed by atoms with Crippen LogP contribution < -0.4 is 10.6 Å². The number of hydrogen-bond acceptors (Lipinski definition) is 6. The van der Waals surface area contributed by atoms with Gasteiger partial charge in [0.2, 0.25) is 0 Å². The quantitative estimate of drug-likeness (QED) is 0.611. The summed E-state index contributed by atoms with van der Waals surface area (Å²) >= 11 is 0. The van der Waals surface area contributed by atoms with Crippen molar-refractivity contribution in [2.45, 2.75) is 20.8 Å². The van der Waals surface area contributed by atoms with E-state index < -0.39 is 0 Å². The Morgan fingerprint density at radius 1 is 0.931 bits per heavy atom. The van der Waals surface area contributed by atoms with Gasteiger partial charge in [-0.3, -0.25) is 4.79 Å². The van der Waals surface area contributed by atoms with Gasteiger partial charge >= 0.3 is 5.97 Å². The van der Waals surface area contributed by atoms with E-state index in [1.54, 1.807) is 31.2 Å². The van der Waals surface area contributed by atoms with Crippen LogP contribution in [0.2, 0.25) is 0 Å². The Labute approximate surface area is 169 Å². The molecule has 0 unspecified atom stereocenters. The number of nitrogens with one attached hydrogen (secondary N) is 2. The van der Waals surface area contributed by atoms with Crippen molar-refractivity contribution in [3.8, 4) is 0 Å². The van der Waals surface area contributed by atoms with Crippen molar-refractivity contribution in [3.63, 3.8) is 0 Å². The maximum absolute atomic E-state index is 12.4. The van der Waals surface area contributed by atoms with Gasteiger partial charge in [0.15, 0.2) is 0 Å². The largest absolute Gasteiger partial charge is 0.462 e. The number of aromatic nitrogens is 2. The summed E-state index contributed by atoms with van der Waals surface area (Å²) < 4.78 is 4.96. The van der Waals surface area contributed by atoms with E-state index in [9.17, 15) is 9.59 Å². The fraction of sp³-hybridized carbons (Fsp3) is 0.182. The van der Waals surface area contributed by atoms with E-state index >= 15 is 0 Å². The van der Waals surface area contributed by atoms with Crippen LogP contribution in [0.3, 0.4) is 0 Å². The van der Waals surface area contributed by atoms with Gasteiger partial charge in [-0.1, -0.05) is 6.07 Å². The smallest absolute Gasteiger partial charge is 0.338 e. The number of aryl methyl sites for hydroxylation is 2. The highest BCUT2D eigenvalue weighted by atomic mass is 16.5. The predicted octanol–water partition coefficient (Wildman–Crippen LogP) is 4.27. The molecule has 1 amide bonds. The van der Waals surface area contributed by atoms with Crippen LogP contribution in [0.1, 0.15) is 38.9 Å². The lowest BCUT2D eigenvalue weighted by Gasteiger charge is -2.09. The van der Waals surface area contributed by atoms with E-state index in [1.165, 1.54) is 12.4 Å². The van der Waals surface area contributed by atoms with Crippen molar-refractivity contribution in [2.75, 3.05) is 17.2 Å². The first kappa shape index (κ1) is 20.0. The summed E-state index contributed by atoms with van der Waals surface area (Å²) in [6, 6.07) is 12.5. The lowest BCUT2D eigenvalue weighted by Crippen LogP contribution is -2.14. The minimum atomic E-state index is -0.363. The van der Waals surface area contributed by atoms with Gasteiger partial charge in [-0.25, -0.2) is 14.8 Å². The first-order valence-corrected chi connectivity index (χ1v) is 9.21. The molecule has 7 nitrogen and oxygen atoms in total. The molecule has 1 aromatic heterocycles. The van der Waals surface area contributed by atoms with Crippen molar-refractivity contribution in [1.82, 2.24) is 9.97 Å². The summed E-state index contributed by atoms with van der Waals surface area (Å²) in [5.74, 6) is -0.208. The van der Waals surface area contributed by atoms with Gasteiger partial charge in [-0.15, -0.1) is 0 Å². The molecule has 29 heavy (non-hydrogen) atoms. The van der Waals surface area contributed by atoms with E-state index in [-0.39, 0.29) is 17.6 Å². The fourth-order valence-electron chi connectivity index (χ4n) is 2.58. The number of hydrogen-bond donors (Lipinski definition) is 2. The molecule has 2 aromatic carbocycles. The first-order chi connectivity index (χ1) is 14.0. The molecule has 0 saturated heterocycles. The van der Waals surface area contributed by atoms with Gasteiger partial charge in [0.1, 0.15) is 11.5 Å². The number of carbonyl (C=O) groups excluding carboxylic acids is 2. The molecule has 1 heterocycles. The standard InChI is InChI=1S/C22H22N4O3/c1-4-29-22(28)16-6-9-17(10-7-16)25-20-13-23-19(12-24-20)21(27)26-18-8-5-14(2)15(3)11-18/h5-13H,4H2,1-3H3,(H,24,25)(H,26,27). The highest BCUT2D eigenvalue weighted by Gasteiger charge is 2.10. The molecule has 148 valence electrons. The zero-order valence-corrected chi connectivity index (χ0v) is 16.5. The molecule has 0 aliphatic carbocycles. The Morgan fingerprint density at radius 2 is 1.66 bits per heavy atom. The maximum Gasteiger partial charge on any atom is 0.338 e. The normalized spacial score (nSPS) is 10.3. The Kier molecular flexibility index (Phi) is 6.19. The summed E-state index contributed by atoms with van der Waals surface area (Å²) in [6.45, 7) is 6.10. The molecular weight excluding hydrogens is 368 g/mol. The van der Waals surface area contributed by atoms with Gasteiger partial charge in [0.25, 0.3) is 5.91 Å². The number of carbonyl (C=O) groups is 2. The molecular formula is C22H22N4O3. The molecule has 0 bridgehead atoms. The van der Waals surface area contributed by atoms with Gasteiger partial charge < -0.3 is 15.4 Å². The van der Waals surface area contributed by atoms with Crippen molar-refractivity contribution < 1.29 is 14.3 Å². The van der Waals surface area contributed by atoms with E-state index in [0.29, 0.717) is 23.7 Å². The molecule has 7 heteroatoms. The van der Waals surface area contributed by atoms with Crippen LogP contribution >= 0.6 is 0 Å². The lowest BCUT2D eigenvalue weighted by molar-refractivity contribution is 0.0526. The monoisotopic (exact) mass is 390 g/mol. The van der Waals surface area contributed by atoms with Crippen molar-refractivity contribution in [3.05, 3.63) is 77.2 Å². The van der Waals surface area contributed by atoms with Crippen LogP contribution in [0, 0.1) is 13.8 Å². The summed E-state index contributed by atoms with van der Waals surface area (Å²) in [5.41, 5.74) is 4.40. The predicted molar refractivity (Wildman–Crippen MR) is 112 cm³/mol. The summed E-state index contributed by atoms with van der Waals surface area (Å²) in [5, 5.41) is 5.89. The third-order valence-electron chi connectivity index (χ3n) is 4.32. The van der Waals surface area contributed by atoms with Crippen molar-refractivity contribution in [2.24, 2.45) is 0 Å². The number of amides is 1. The topological polar surface area (TPSA) is 93.2 Å². The SMILES string of the molecule is CCOC(=O)c1ccc(Nc2cnc(C(=O)Nc3ccc(C)c(C)c3)cn2)cc1. The van der Waals surface area contributed by atoms with Crippen LogP contribution in [0.15, 0.2) is 54.9 Å². The average Bonchev–Trinajstić information content (AvgIpc) is 2.72. The Hall–Kier alpha value is -3.74. The van der Waals surface area contributed by atoms with E-state index in [0.717, 1.165) is 16.8 Å². The van der Waals surface area contributed by atoms with Gasteiger partial charge in [0, 0.05) is 11.4 Å². The molecule has 0 saturated carbocycles. The molecule has 0 fully saturated rings. The molecule has 0 radical (unpaired) electrons. The number of esters is 1. The Balaban J connectivity index is 1.63. The van der Waals surface area contributed by atoms with Crippen LogP contribution in [0.5, 0.6) is 0 Å². The molecule has 0 aliphatic rings. The van der Waals surface area contributed by atoms with Crippen LogP contribution in [-0.4, -0.2) is 28.5 Å². The third kappa shape index (κ3) is 5.16. The summed E-state index contributed by atoms with van der Waals surface area (Å²) in [7, 11) is 0. The van der Waals surface area contributed by atoms with Crippen LogP contribution in [0.4, 0.5) is 17.2 Å². The minimum Gasteiger partial charge on any atom is -0.462 e. The first-order valence-electron chi connectivity index (χ1n) is 9.21. The maximum atomic E-state index is 12.4. The fourth-order valence-corrected chi connectivity index (χ4v) is 2.58. The zero-order valence-electron chi connectivity index (χ0n) is 16.5. The molecule has 0 aliphatic heterocycles. The number of anilines is 3. The minimum absolute atomic E-state index is 0.214. The second-order valence-electron chi connectivity index (χ2n) is 6.46. The average molecular weight is 390 g/mol. The van der Waals surface area contributed by atoms with E-state index in [1.807, 2.05) is 32.0 Å². The van der Waals surface area contributed by atoms with Crippen molar-refractivity contribution >= 4 is 29.1 Å². The van der Waals surface area contributed by atoms with E-state index in [4.69, 9.17) is 4.74 Å². The third-order valence-corrected chi connectivity index (χ3v) is 4.32. The van der Waals surface area contributed by atoms with Gasteiger partial charge in [0.05, 0.1) is 24.6 Å². The molecule has 0 atom stereocenters. The van der Waals surface area contributed by atoms with Gasteiger partial charge in [-0.2, -0.15) is 0 Å². The Morgan fingerprint density at radius 3 is 2.28 bits per heavy atom. The van der Waals surface area contributed by atoms with Crippen molar-refractivity contribution in [1.29, 1.82) is 0 Å². The van der Waals surface area contributed by atoms with E-state index in [2.05, 4.69) is 20.6 Å². The lowest BCUT2D eigenvalue weighted by atomic mass is 10.1. The second kappa shape index (κ2) is 8.97. The van der Waals surface area contributed by atoms with Crippen LogP contribution in [0.25, 0.3) is 0 Å². The highest BCUT2D eigenvalue weighted by molar-refractivity contribution is 6.02. The zero-order chi connectivity index (χ0) is 20.8. The Bertz CT molecular complexity index is 1020. The molecule has 2 N–H and O–H groups in total. The number of nitrogens with zero attached hydrogens (tertiary/aromatic N) is 2. The second-order valence-corrected chi connectivity index (χ2v) is 6.46. The number of ether oxygens (including phenoxy) is 1.